The van der Waals surface area contributed by atoms with Crippen molar-refractivity contribution in [1.29, 1.82) is 0 Å². The second-order valence-electron chi connectivity index (χ2n) is 3.19. The van der Waals surface area contributed by atoms with Gasteiger partial charge in [-0.1, -0.05) is 34.2 Å². The van der Waals surface area contributed by atoms with Crippen molar-refractivity contribution in [1.82, 2.24) is 9.55 Å². The van der Waals surface area contributed by atoms with E-state index >= 15 is 0 Å². The van der Waals surface area contributed by atoms with Crippen LogP contribution in [0.2, 0.25) is 5.02 Å². The molecule has 0 spiro atoms. The highest BCUT2D eigenvalue weighted by Gasteiger charge is 2.07. The van der Waals surface area contributed by atoms with E-state index in [1.165, 1.54) is 0 Å². The van der Waals surface area contributed by atoms with Gasteiger partial charge in [-0.2, -0.15) is 0 Å². The monoisotopic (exact) mass is 334 g/mol. The first-order chi connectivity index (χ1) is 7.13. The number of halogens is 2. The number of rotatable bonds is 1. The van der Waals surface area contributed by atoms with Crippen molar-refractivity contribution >= 4 is 45.1 Å². The lowest BCUT2D eigenvalue weighted by Crippen LogP contribution is -2.21. The summed E-state index contributed by atoms with van der Waals surface area (Å²) in [7, 11) is 1.73. The predicted molar refractivity (Wildman–Crippen MR) is 69.7 cm³/mol. The van der Waals surface area contributed by atoms with Crippen molar-refractivity contribution in [3.63, 3.8) is 0 Å². The number of hydrogen-bond donors (Lipinski definition) is 0. The van der Waals surface area contributed by atoms with Gasteiger partial charge in [-0.05, 0) is 18.2 Å². The summed E-state index contributed by atoms with van der Waals surface area (Å²) in [4.78, 5) is 16.3. The van der Waals surface area contributed by atoms with Gasteiger partial charge in [0.25, 0.3) is 5.56 Å². The van der Waals surface area contributed by atoms with Gasteiger partial charge in [-0.25, -0.2) is 4.98 Å². The van der Waals surface area contributed by atoms with Crippen molar-refractivity contribution in [2.75, 3.05) is 0 Å². The highest BCUT2D eigenvalue weighted by atomic mass is 127. The van der Waals surface area contributed by atoms with Crippen LogP contribution in [-0.2, 0) is 11.5 Å². The molecule has 1 aromatic carbocycles. The quantitative estimate of drug-likeness (QED) is 0.593. The number of nitrogens with zero attached hydrogens (tertiary/aromatic N) is 2. The highest BCUT2D eigenvalue weighted by molar-refractivity contribution is 14.1. The summed E-state index contributed by atoms with van der Waals surface area (Å²) in [5, 5.41) is 1.13. The Balaban J connectivity index is 2.91. The third-order valence-corrected chi connectivity index (χ3v) is 3.17. The summed E-state index contributed by atoms with van der Waals surface area (Å²) in [5.74, 6) is 0.774. The second-order valence-corrected chi connectivity index (χ2v) is 4.39. The summed E-state index contributed by atoms with van der Waals surface area (Å²) in [6, 6.07) is 5.17. The Morgan fingerprint density at radius 2 is 2.27 bits per heavy atom. The maximum absolute atomic E-state index is 11.9. The minimum absolute atomic E-state index is 0.0471. The first-order valence-electron chi connectivity index (χ1n) is 4.34. The number of fused-ring (bicyclic) bond motifs is 1. The van der Waals surface area contributed by atoms with Crippen molar-refractivity contribution in [2.45, 2.75) is 4.43 Å². The van der Waals surface area contributed by atoms with Gasteiger partial charge < -0.3 is 0 Å². The fourth-order valence-electron chi connectivity index (χ4n) is 1.41. The molecule has 1 aromatic heterocycles. The zero-order chi connectivity index (χ0) is 11.0. The standard InChI is InChI=1S/C10H8ClIN2O/c1-14-9(5-12)13-8-3-2-6(11)4-7(8)10(14)15/h2-4H,5H2,1H3. The molecule has 5 heteroatoms. The number of aromatic nitrogens is 2. The lowest BCUT2D eigenvalue weighted by atomic mass is 10.2. The third-order valence-electron chi connectivity index (χ3n) is 2.25. The number of hydrogen-bond acceptors (Lipinski definition) is 2. The van der Waals surface area contributed by atoms with Crippen LogP contribution in [0, 0.1) is 0 Å². The lowest BCUT2D eigenvalue weighted by Gasteiger charge is -2.06. The Bertz CT molecular complexity index is 579. The molecular formula is C10H8ClIN2O. The number of alkyl halides is 1. The molecule has 0 saturated carbocycles. The minimum atomic E-state index is -0.0471. The molecule has 0 saturated heterocycles. The van der Waals surface area contributed by atoms with Gasteiger partial charge in [-0.3, -0.25) is 9.36 Å². The molecule has 0 N–H and O–H groups in total. The molecule has 78 valence electrons. The molecule has 0 bridgehead atoms. The minimum Gasteiger partial charge on any atom is -0.299 e. The Morgan fingerprint density at radius 3 is 2.93 bits per heavy atom. The van der Waals surface area contributed by atoms with Crippen molar-refractivity contribution in [2.24, 2.45) is 7.05 Å². The molecule has 0 atom stereocenters. The van der Waals surface area contributed by atoms with Gasteiger partial charge in [0.2, 0.25) is 0 Å². The largest absolute Gasteiger partial charge is 0.299 e. The fourth-order valence-corrected chi connectivity index (χ4v) is 2.26. The Morgan fingerprint density at radius 1 is 1.53 bits per heavy atom. The molecule has 0 unspecified atom stereocenters. The van der Waals surface area contributed by atoms with E-state index in [9.17, 15) is 4.79 Å². The Kier molecular flexibility index (Phi) is 2.97. The molecule has 0 fully saturated rings. The van der Waals surface area contributed by atoms with Crippen LogP contribution in [0.25, 0.3) is 10.9 Å². The zero-order valence-corrected chi connectivity index (χ0v) is 10.9. The van der Waals surface area contributed by atoms with E-state index in [2.05, 4.69) is 27.6 Å². The van der Waals surface area contributed by atoms with E-state index in [0.717, 1.165) is 5.82 Å². The van der Waals surface area contributed by atoms with Gasteiger partial charge in [-0.15, -0.1) is 0 Å². The summed E-state index contributed by atoms with van der Waals surface area (Å²) in [6.45, 7) is 0. The van der Waals surface area contributed by atoms with Crippen LogP contribution in [0.3, 0.4) is 0 Å². The van der Waals surface area contributed by atoms with Crippen LogP contribution in [0.15, 0.2) is 23.0 Å². The predicted octanol–water partition coefficient (Wildman–Crippen LogP) is 2.52. The summed E-state index contributed by atoms with van der Waals surface area (Å²) < 4.78 is 2.27. The molecule has 0 aliphatic rings. The van der Waals surface area contributed by atoms with Crippen LogP contribution in [0.1, 0.15) is 5.82 Å². The van der Waals surface area contributed by atoms with E-state index < -0.39 is 0 Å². The van der Waals surface area contributed by atoms with Gasteiger partial charge in [0.05, 0.1) is 15.3 Å². The summed E-state index contributed by atoms with van der Waals surface area (Å²) >= 11 is 8.03. The van der Waals surface area contributed by atoms with Crippen LogP contribution in [-0.4, -0.2) is 9.55 Å². The molecule has 2 aromatic rings. The summed E-state index contributed by atoms with van der Waals surface area (Å²) in [5.41, 5.74) is 0.656. The van der Waals surface area contributed by atoms with Crippen molar-refractivity contribution < 1.29 is 0 Å². The highest BCUT2D eigenvalue weighted by Crippen LogP contribution is 2.15. The molecular weight excluding hydrogens is 326 g/mol. The molecule has 15 heavy (non-hydrogen) atoms. The van der Waals surface area contributed by atoms with Crippen molar-refractivity contribution in [3.8, 4) is 0 Å². The third kappa shape index (κ3) is 1.88. The average molecular weight is 335 g/mol. The van der Waals surface area contributed by atoms with Gasteiger partial charge in [0.15, 0.2) is 0 Å². The van der Waals surface area contributed by atoms with Crippen LogP contribution in [0.4, 0.5) is 0 Å². The smallest absolute Gasteiger partial charge is 0.261 e. The molecule has 0 amide bonds. The maximum Gasteiger partial charge on any atom is 0.261 e. The van der Waals surface area contributed by atoms with E-state index in [0.29, 0.717) is 20.4 Å². The van der Waals surface area contributed by atoms with Crippen LogP contribution >= 0.6 is 34.2 Å². The van der Waals surface area contributed by atoms with Crippen molar-refractivity contribution in [3.05, 3.63) is 39.4 Å². The summed E-state index contributed by atoms with van der Waals surface area (Å²) in [6.07, 6.45) is 0. The Labute approximate surface area is 105 Å². The average Bonchev–Trinajstić information content (AvgIpc) is 2.24. The van der Waals surface area contributed by atoms with E-state index in [-0.39, 0.29) is 5.56 Å². The molecule has 0 radical (unpaired) electrons. The van der Waals surface area contributed by atoms with E-state index in [4.69, 9.17) is 11.6 Å². The molecule has 1 heterocycles. The van der Waals surface area contributed by atoms with Crippen LogP contribution < -0.4 is 5.56 Å². The molecule has 2 rings (SSSR count). The normalized spacial score (nSPS) is 10.9. The first-order valence-corrected chi connectivity index (χ1v) is 6.25. The topological polar surface area (TPSA) is 34.9 Å². The number of benzene rings is 1. The van der Waals surface area contributed by atoms with Crippen LogP contribution in [0.5, 0.6) is 0 Å². The van der Waals surface area contributed by atoms with Gasteiger partial charge in [0.1, 0.15) is 5.82 Å². The van der Waals surface area contributed by atoms with Gasteiger partial charge >= 0.3 is 0 Å². The maximum atomic E-state index is 11.9. The SMILES string of the molecule is Cn1c(CI)nc2ccc(Cl)cc2c1=O. The molecule has 0 aliphatic carbocycles. The first kappa shape index (κ1) is 10.9. The Hall–Kier alpha value is -0.620. The fraction of sp³-hybridized carbons (Fsp3) is 0.200. The van der Waals surface area contributed by atoms with Gasteiger partial charge in [0, 0.05) is 12.1 Å². The second kappa shape index (κ2) is 4.09. The van der Waals surface area contributed by atoms with E-state index in [1.54, 1.807) is 29.8 Å². The van der Waals surface area contributed by atoms with E-state index in [1.807, 2.05) is 0 Å². The zero-order valence-electron chi connectivity index (χ0n) is 8.00. The lowest BCUT2D eigenvalue weighted by molar-refractivity contribution is 0.790. The molecule has 3 nitrogen and oxygen atoms in total. The molecule has 0 aliphatic heterocycles.